The molecule has 0 saturated carbocycles. The number of rotatable bonds is 4. The third-order valence-corrected chi connectivity index (χ3v) is 6.24. The highest BCUT2D eigenvalue weighted by Crippen LogP contribution is 2.30. The quantitative estimate of drug-likeness (QED) is 0.280. The van der Waals surface area contributed by atoms with Gasteiger partial charge < -0.3 is 10.1 Å². The van der Waals surface area contributed by atoms with Gasteiger partial charge >= 0.3 is 17.7 Å². The average molecular weight is 439 g/mol. The largest absolute Gasteiger partial charge is 0.425 e. The van der Waals surface area contributed by atoms with Crippen molar-refractivity contribution in [3.63, 3.8) is 0 Å². The Bertz CT molecular complexity index is 1210. The average Bonchev–Trinajstić information content (AvgIpc) is 3.09. The topological polar surface area (TPSA) is 110 Å². The van der Waals surface area contributed by atoms with Crippen molar-refractivity contribution in [1.29, 1.82) is 0 Å². The number of benzene rings is 1. The summed E-state index contributed by atoms with van der Waals surface area (Å²) in [5, 5.41) is 2.10. The molecule has 12 heteroatoms. The SMILES string of the molecule is O=C(CNC(=O)n1cc(F)c(=O)[nH]c1=O)Oc1ccc(-c2cc(=S)ss2)cc1. The Morgan fingerprint density at radius 2 is 1.93 bits per heavy atom. The number of H-pyrrole nitrogens is 1. The summed E-state index contributed by atoms with van der Waals surface area (Å²) in [5.74, 6) is -1.86. The summed E-state index contributed by atoms with van der Waals surface area (Å²) in [7, 11) is 3.03. The standard InChI is InChI=1S/C16H10FN3O5S3/c17-10-7-20(16(24)19-14(10)22)15(23)18-6-12(21)25-9-3-1-8(2-4-9)11-5-13(26)28-27-11/h1-5,7H,6H2,(H,18,23)(H,19,22,24). The number of hydrogen-bond donors (Lipinski definition) is 2. The van der Waals surface area contributed by atoms with E-state index in [0.29, 0.717) is 10.8 Å². The normalized spacial score (nSPS) is 10.5. The molecule has 2 aromatic heterocycles. The van der Waals surface area contributed by atoms with Gasteiger partial charge in [0.2, 0.25) is 5.82 Å². The molecule has 0 fully saturated rings. The minimum atomic E-state index is -1.31. The highest BCUT2D eigenvalue weighted by atomic mass is 32.9. The predicted octanol–water partition coefficient (Wildman–Crippen LogP) is 2.36. The monoisotopic (exact) mass is 439 g/mol. The lowest BCUT2D eigenvalue weighted by Crippen LogP contribution is -2.42. The van der Waals surface area contributed by atoms with E-state index in [4.69, 9.17) is 17.0 Å². The number of ether oxygens (including phenoxy) is 1. The molecule has 8 nitrogen and oxygen atoms in total. The smallest absolute Gasteiger partial charge is 0.336 e. The third kappa shape index (κ3) is 4.65. The molecule has 2 heterocycles. The number of hydrogen-bond acceptors (Lipinski definition) is 8. The first-order valence-corrected chi connectivity index (χ1v) is 10.1. The van der Waals surface area contributed by atoms with Crippen molar-refractivity contribution in [2.24, 2.45) is 0 Å². The van der Waals surface area contributed by atoms with Gasteiger partial charge in [-0.1, -0.05) is 32.9 Å². The Labute approximate surface area is 168 Å². The van der Waals surface area contributed by atoms with Gasteiger partial charge in [-0.2, -0.15) is 4.39 Å². The summed E-state index contributed by atoms with van der Waals surface area (Å²) in [6, 6.07) is 7.48. The number of aromatic amines is 1. The first kappa shape index (κ1) is 19.8. The van der Waals surface area contributed by atoms with Crippen LogP contribution >= 0.6 is 32.9 Å². The Morgan fingerprint density at radius 1 is 1.21 bits per heavy atom. The molecular weight excluding hydrogens is 429 g/mol. The van der Waals surface area contributed by atoms with E-state index in [1.54, 1.807) is 39.6 Å². The maximum Gasteiger partial charge on any atom is 0.336 e. The molecule has 1 aromatic carbocycles. The first-order chi connectivity index (χ1) is 13.3. The molecule has 2 N–H and O–H groups in total. The summed E-state index contributed by atoms with van der Waals surface area (Å²) >= 11 is 5.09. The van der Waals surface area contributed by atoms with E-state index < -0.39 is 35.6 Å². The van der Waals surface area contributed by atoms with Crippen molar-refractivity contribution < 1.29 is 18.7 Å². The van der Waals surface area contributed by atoms with Crippen LogP contribution in [0, 0.1) is 9.64 Å². The molecule has 0 atom stereocenters. The number of aromatic nitrogens is 2. The summed E-state index contributed by atoms with van der Waals surface area (Å²) < 4.78 is 19.4. The van der Waals surface area contributed by atoms with E-state index >= 15 is 0 Å². The Balaban J connectivity index is 1.59. The molecule has 28 heavy (non-hydrogen) atoms. The maximum atomic E-state index is 13.2. The third-order valence-electron chi connectivity index (χ3n) is 3.33. The number of amides is 1. The molecule has 3 aromatic rings. The molecule has 3 rings (SSSR count). The number of nitrogens with one attached hydrogen (secondary N) is 2. The molecular formula is C16H10FN3O5S3. The van der Waals surface area contributed by atoms with E-state index in [0.717, 1.165) is 14.3 Å². The second-order valence-corrected chi connectivity index (χ2v) is 8.17. The van der Waals surface area contributed by atoms with Crippen LogP contribution in [0.2, 0.25) is 0 Å². The summed E-state index contributed by atoms with van der Waals surface area (Å²) in [6.07, 6.45) is 0.431. The van der Waals surface area contributed by atoms with Crippen LogP contribution in [-0.4, -0.2) is 28.1 Å². The zero-order valence-corrected chi connectivity index (χ0v) is 16.2. The molecule has 0 unspecified atom stereocenters. The van der Waals surface area contributed by atoms with Gasteiger partial charge in [-0.3, -0.25) is 9.78 Å². The minimum Gasteiger partial charge on any atom is -0.425 e. The molecule has 0 aliphatic heterocycles. The summed E-state index contributed by atoms with van der Waals surface area (Å²) in [5.41, 5.74) is -1.46. The second kappa shape index (κ2) is 8.37. The molecule has 0 bridgehead atoms. The summed E-state index contributed by atoms with van der Waals surface area (Å²) in [6.45, 7) is -0.570. The van der Waals surface area contributed by atoms with Gasteiger partial charge in [0.1, 0.15) is 16.1 Å². The van der Waals surface area contributed by atoms with Gasteiger partial charge in [0.25, 0.3) is 5.56 Å². The van der Waals surface area contributed by atoms with Gasteiger partial charge in [-0.15, -0.1) is 0 Å². The van der Waals surface area contributed by atoms with Crippen LogP contribution in [0.1, 0.15) is 0 Å². The predicted molar refractivity (Wildman–Crippen MR) is 104 cm³/mol. The van der Waals surface area contributed by atoms with Crippen molar-refractivity contribution in [3.05, 3.63) is 67.0 Å². The van der Waals surface area contributed by atoms with E-state index in [2.05, 4.69) is 5.32 Å². The van der Waals surface area contributed by atoms with Crippen molar-refractivity contribution >= 4 is 44.9 Å². The van der Waals surface area contributed by atoms with Crippen LogP contribution in [0.4, 0.5) is 9.18 Å². The fourth-order valence-corrected chi connectivity index (χ4v) is 4.46. The zero-order chi connectivity index (χ0) is 20.3. The maximum absolute atomic E-state index is 13.2. The Hall–Kier alpha value is -2.96. The Kier molecular flexibility index (Phi) is 5.92. The van der Waals surface area contributed by atoms with Gasteiger partial charge in [0, 0.05) is 4.88 Å². The Morgan fingerprint density at radius 3 is 2.57 bits per heavy atom. The summed E-state index contributed by atoms with van der Waals surface area (Å²) in [4.78, 5) is 48.7. The molecule has 0 spiro atoms. The number of carbonyl (C=O) groups is 2. The highest BCUT2D eigenvalue weighted by Gasteiger charge is 2.13. The molecule has 0 radical (unpaired) electrons. The van der Waals surface area contributed by atoms with E-state index in [-0.39, 0.29) is 5.75 Å². The first-order valence-electron chi connectivity index (χ1n) is 7.54. The van der Waals surface area contributed by atoms with Crippen molar-refractivity contribution in [2.75, 3.05) is 6.54 Å². The van der Waals surface area contributed by atoms with Gasteiger partial charge in [-0.05, 0) is 35.9 Å². The molecule has 144 valence electrons. The highest BCUT2D eigenvalue weighted by molar-refractivity contribution is 7.80. The van der Waals surface area contributed by atoms with Crippen molar-refractivity contribution in [2.45, 2.75) is 0 Å². The number of halogens is 1. The van der Waals surface area contributed by atoms with Crippen LogP contribution in [0.5, 0.6) is 5.75 Å². The lowest BCUT2D eigenvalue weighted by atomic mass is 10.2. The van der Waals surface area contributed by atoms with Crippen LogP contribution < -0.4 is 21.3 Å². The second-order valence-electron chi connectivity index (χ2n) is 5.26. The van der Waals surface area contributed by atoms with Crippen LogP contribution in [-0.2, 0) is 4.79 Å². The molecule has 0 aliphatic rings. The lowest BCUT2D eigenvalue weighted by Gasteiger charge is -2.07. The van der Waals surface area contributed by atoms with Crippen molar-refractivity contribution in [3.8, 4) is 16.2 Å². The number of esters is 1. The van der Waals surface area contributed by atoms with Crippen molar-refractivity contribution in [1.82, 2.24) is 14.9 Å². The number of carbonyl (C=O) groups excluding carboxylic acids is 2. The minimum absolute atomic E-state index is 0.258. The fourth-order valence-electron chi connectivity index (χ4n) is 2.06. The van der Waals surface area contributed by atoms with E-state index in [1.807, 2.05) is 6.07 Å². The molecule has 0 aliphatic carbocycles. The molecule has 0 saturated heterocycles. The molecule has 1 amide bonds. The van der Waals surface area contributed by atoms with Gasteiger partial charge in [0.15, 0.2) is 0 Å². The number of nitrogens with zero attached hydrogens (tertiary/aromatic N) is 1. The zero-order valence-electron chi connectivity index (χ0n) is 13.8. The fraction of sp³-hybridized carbons (Fsp3) is 0.0625. The lowest BCUT2D eigenvalue weighted by molar-refractivity contribution is -0.133. The van der Waals surface area contributed by atoms with E-state index in [9.17, 15) is 23.6 Å². The van der Waals surface area contributed by atoms with Crippen LogP contribution in [0.15, 0.2) is 46.1 Å². The van der Waals surface area contributed by atoms with E-state index in [1.165, 1.54) is 10.3 Å². The van der Waals surface area contributed by atoms with Crippen LogP contribution in [0.3, 0.4) is 0 Å². The van der Waals surface area contributed by atoms with Crippen LogP contribution in [0.25, 0.3) is 10.4 Å². The van der Waals surface area contributed by atoms with Gasteiger partial charge in [0.05, 0.1) is 6.20 Å². The van der Waals surface area contributed by atoms with Gasteiger partial charge in [-0.25, -0.2) is 19.0 Å².